The molecule has 0 aliphatic carbocycles. The summed E-state index contributed by atoms with van der Waals surface area (Å²) in [5.74, 6) is -0.383. The van der Waals surface area contributed by atoms with Crippen molar-refractivity contribution in [2.75, 3.05) is 0 Å². The summed E-state index contributed by atoms with van der Waals surface area (Å²) in [6, 6.07) is 4.59. The minimum absolute atomic E-state index is 0.00119. The molecule has 2 aromatic rings. The fraction of sp³-hybridized carbons (Fsp3) is 0.231. The van der Waals surface area contributed by atoms with Crippen LogP contribution in [0, 0.1) is 5.82 Å². The molecule has 0 N–H and O–H groups in total. The van der Waals surface area contributed by atoms with Gasteiger partial charge in [0.2, 0.25) is 0 Å². The SMILES string of the molecule is CC(C)c1c(Cl)nc(-c2cccc(Cl)c2F)nc1Cl. The average molecular weight is 320 g/mol. The van der Waals surface area contributed by atoms with Crippen molar-refractivity contribution in [3.63, 3.8) is 0 Å². The van der Waals surface area contributed by atoms with E-state index in [9.17, 15) is 4.39 Å². The molecule has 0 unspecified atom stereocenters. The van der Waals surface area contributed by atoms with Crippen molar-refractivity contribution in [2.24, 2.45) is 0 Å². The third kappa shape index (κ3) is 2.83. The summed E-state index contributed by atoms with van der Waals surface area (Å²) < 4.78 is 13.9. The van der Waals surface area contributed by atoms with Crippen molar-refractivity contribution in [3.05, 3.63) is 44.9 Å². The van der Waals surface area contributed by atoms with E-state index >= 15 is 0 Å². The summed E-state index contributed by atoms with van der Waals surface area (Å²) in [5.41, 5.74) is 0.820. The minimum Gasteiger partial charge on any atom is -0.216 e. The van der Waals surface area contributed by atoms with Crippen LogP contribution in [0.15, 0.2) is 18.2 Å². The Bertz CT molecular complexity index is 606. The highest BCUT2D eigenvalue weighted by molar-refractivity contribution is 6.34. The highest BCUT2D eigenvalue weighted by Crippen LogP contribution is 2.32. The monoisotopic (exact) mass is 318 g/mol. The molecule has 19 heavy (non-hydrogen) atoms. The maximum absolute atomic E-state index is 13.9. The number of rotatable bonds is 2. The van der Waals surface area contributed by atoms with Gasteiger partial charge in [-0.05, 0) is 18.1 Å². The summed E-state index contributed by atoms with van der Waals surface area (Å²) in [6.07, 6.45) is 0. The van der Waals surface area contributed by atoms with Gasteiger partial charge in [-0.15, -0.1) is 0 Å². The predicted octanol–water partition coefficient (Wildman–Crippen LogP) is 5.37. The van der Waals surface area contributed by atoms with Gasteiger partial charge in [0.1, 0.15) is 10.3 Å². The van der Waals surface area contributed by atoms with Gasteiger partial charge in [-0.2, -0.15) is 0 Å². The third-order valence-electron chi connectivity index (χ3n) is 2.62. The Morgan fingerprint density at radius 3 is 2.16 bits per heavy atom. The highest BCUT2D eigenvalue weighted by Gasteiger charge is 2.18. The molecule has 1 heterocycles. The molecule has 0 bridgehead atoms. The van der Waals surface area contributed by atoms with Crippen LogP contribution in [0.2, 0.25) is 15.3 Å². The number of aromatic nitrogens is 2. The Labute approximate surface area is 125 Å². The fourth-order valence-corrected chi connectivity index (χ4v) is 2.69. The smallest absolute Gasteiger partial charge is 0.165 e. The lowest BCUT2D eigenvalue weighted by Crippen LogP contribution is -2.00. The van der Waals surface area contributed by atoms with E-state index in [0.717, 1.165) is 0 Å². The second kappa shape index (κ2) is 5.61. The van der Waals surface area contributed by atoms with E-state index in [1.807, 2.05) is 13.8 Å². The molecule has 0 atom stereocenters. The van der Waals surface area contributed by atoms with Gasteiger partial charge in [0.15, 0.2) is 11.6 Å². The van der Waals surface area contributed by atoms with Gasteiger partial charge >= 0.3 is 0 Å². The van der Waals surface area contributed by atoms with E-state index in [4.69, 9.17) is 34.8 Å². The number of halogens is 4. The molecule has 0 fully saturated rings. The molecule has 0 radical (unpaired) electrons. The molecule has 0 spiro atoms. The second-order valence-electron chi connectivity index (χ2n) is 4.30. The Kier molecular flexibility index (Phi) is 4.29. The zero-order valence-electron chi connectivity index (χ0n) is 10.2. The quantitative estimate of drug-likeness (QED) is 0.696. The molecule has 0 amide bonds. The van der Waals surface area contributed by atoms with Crippen LogP contribution in [0.4, 0.5) is 4.39 Å². The summed E-state index contributed by atoms with van der Waals surface area (Å²) in [6.45, 7) is 3.85. The third-order valence-corrected chi connectivity index (χ3v) is 3.49. The molecule has 0 aliphatic rings. The van der Waals surface area contributed by atoms with Gasteiger partial charge in [0.25, 0.3) is 0 Å². The van der Waals surface area contributed by atoms with Crippen LogP contribution in [0.1, 0.15) is 25.3 Å². The van der Waals surface area contributed by atoms with Crippen LogP contribution < -0.4 is 0 Å². The van der Waals surface area contributed by atoms with E-state index in [0.29, 0.717) is 5.56 Å². The Morgan fingerprint density at radius 1 is 1.05 bits per heavy atom. The van der Waals surface area contributed by atoms with Gasteiger partial charge < -0.3 is 0 Å². The number of hydrogen-bond acceptors (Lipinski definition) is 2. The summed E-state index contributed by atoms with van der Waals surface area (Å²) >= 11 is 17.9. The molecular weight excluding hydrogens is 310 g/mol. The first kappa shape index (κ1) is 14.5. The Hall–Kier alpha value is -0.900. The van der Waals surface area contributed by atoms with Crippen molar-refractivity contribution in [2.45, 2.75) is 19.8 Å². The Morgan fingerprint density at radius 2 is 1.63 bits per heavy atom. The number of hydrogen-bond donors (Lipinski definition) is 0. The molecule has 6 heteroatoms. The van der Waals surface area contributed by atoms with E-state index < -0.39 is 5.82 Å². The van der Waals surface area contributed by atoms with Crippen molar-refractivity contribution < 1.29 is 4.39 Å². The maximum Gasteiger partial charge on any atom is 0.165 e. The van der Waals surface area contributed by atoms with Crippen LogP contribution in [0.5, 0.6) is 0 Å². The lowest BCUT2D eigenvalue weighted by Gasteiger charge is -2.11. The summed E-state index contributed by atoms with van der Waals surface area (Å²) in [5, 5.41) is 0.454. The molecule has 0 saturated carbocycles. The van der Waals surface area contributed by atoms with Crippen molar-refractivity contribution in [3.8, 4) is 11.4 Å². The molecule has 1 aromatic heterocycles. The molecule has 2 nitrogen and oxygen atoms in total. The fourth-order valence-electron chi connectivity index (χ4n) is 1.69. The van der Waals surface area contributed by atoms with Gasteiger partial charge in [-0.25, -0.2) is 14.4 Å². The molecule has 2 rings (SSSR count). The molecule has 0 saturated heterocycles. The largest absolute Gasteiger partial charge is 0.216 e. The first-order chi connectivity index (χ1) is 8.91. The zero-order chi connectivity index (χ0) is 14.2. The average Bonchev–Trinajstić information content (AvgIpc) is 2.31. The lowest BCUT2D eigenvalue weighted by atomic mass is 10.1. The molecule has 100 valence electrons. The zero-order valence-corrected chi connectivity index (χ0v) is 12.5. The van der Waals surface area contributed by atoms with Gasteiger partial charge in [0, 0.05) is 5.56 Å². The number of nitrogens with zero attached hydrogens (tertiary/aromatic N) is 2. The Balaban J connectivity index is 2.62. The summed E-state index contributed by atoms with van der Waals surface area (Å²) in [4.78, 5) is 8.20. The number of benzene rings is 1. The van der Waals surface area contributed by atoms with Crippen LogP contribution in [-0.4, -0.2) is 9.97 Å². The maximum atomic E-state index is 13.9. The van der Waals surface area contributed by atoms with E-state index in [2.05, 4.69) is 9.97 Å². The second-order valence-corrected chi connectivity index (χ2v) is 5.42. The van der Waals surface area contributed by atoms with Crippen molar-refractivity contribution in [1.29, 1.82) is 0 Å². The van der Waals surface area contributed by atoms with Gasteiger partial charge in [-0.3, -0.25) is 0 Å². The van der Waals surface area contributed by atoms with Crippen molar-refractivity contribution in [1.82, 2.24) is 9.97 Å². The van der Waals surface area contributed by atoms with Gasteiger partial charge in [0.05, 0.1) is 10.6 Å². The van der Waals surface area contributed by atoms with Crippen LogP contribution in [0.25, 0.3) is 11.4 Å². The standard InChI is InChI=1S/C13H10Cl3FN2/c1-6(2)9-11(15)18-13(19-12(9)16)7-4-3-5-8(14)10(7)17/h3-6H,1-2H3. The van der Waals surface area contributed by atoms with Crippen LogP contribution in [-0.2, 0) is 0 Å². The van der Waals surface area contributed by atoms with Gasteiger partial charge in [-0.1, -0.05) is 54.7 Å². The normalized spacial score (nSPS) is 11.1. The van der Waals surface area contributed by atoms with Crippen LogP contribution in [0.3, 0.4) is 0 Å². The molecule has 1 aromatic carbocycles. The van der Waals surface area contributed by atoms with Crippen molar-refractivity contribution >= 4 is 34.8 Å². The molecular formula is C13H10Cl3FN2. The summed E-state index contributed by atoms with van der Waals surface area (Å²) in [7, 11) is 0. The lowest BCUT2D eigenvalue weighted by molar-refractivity contribution is 0.630. The minimum atomic E-state index is -0.589. The van der Waals surface area contributed by atoms with E-state index in [1.165, 1.54) is 12.1 Å². The van der Waals surface area contributed by atoms with E-state index in [1.54, 1.807) is 6.07 Å². The predicted molar refractivity (Wildman–Crippen MR) is 76.5 cm³/mol. The topological polar surface area (TPSA) is 25.8 Å². The first-order valence-corrected chi connectivity index (χ1v) is 6.72. The highest BCUT2D eigenvalue weighted by atomic mass is 35.5. The first-order valence-electron chi connectivity index (χ1n) is 5.59. The van der Waals surface area contributed by atoms with Crippen LogP contribution >= 0.6 is 34.8 Å². The van der Waals surface area contributed by atoms with E-state index in [-0.39, 0.29) is 32.6 Å². The molecule has 0 aliphatic heterocycles.